The van der Waals surface area contributed by atoms with Crippen molar-refractivity contribution in [1.29, 1.82) is 0 Å². The van der Waals surface area contributed by atoms with Gasteiger partial charge in [0.25, 0.3) is 0 Å². The third-order valence-electron chi connectivity index (χ3n) is 3.26. The molecule has 138 valence electrons. The van der Waals surface area contributed by atoms with Crippen LogP contribution < -0.4 is 5.73 Å². The monoisotopic (exact) mass is 364 g/mol. The maximum atomic E-state index is 13.1. The SMILES string of the molecule is CC(C)(C)OC(=O)c1ccc(N=C(N)c2ccccc2C(F)(F)F)cc1. The molecule has 0 aliphatic carbocycles. The molecule has 0 spiro atoms. The molecule has 0 fully saturated rings. The van der Waals surface area contributed by atoms with Crippen LogP contribution >= 0.6 is 0 Å². The van der Waals surface area contributed by atoms with Crippen molar-refractivity contribution in [2.24, 2.45) is 10.7 Å². The van der Waals surface area contributed by atoms with Crippen LogP contribution in [0.2, 0.25) is 0 Å². The Morgan fingerprint density at radius 1 is 1.00 bits per heavy atom. The van der Waals surface area contributed by atoms with Crippen LogP contribution in [0.4, 0.5) is 18.9 Å². The van der Waals surface area contributed by atoms with Crippen LogP contribution in [-0.2, 0) is 10.9 Å². The average molecular weight is 364 g/mol. The summed E-state index contributed by atoms with van der Waals surface area (Å²) >= 11 is 0. The zero-order valence-electron chi connectivity index (χ0n) is 14.6. The van der Waals surface area contributed by atoms with Crippen molar-refractivity contribution in [3.05, 3.63) is 65.2 Å². The van der Waals surface area contributed by atoms with E-state index in [1.807, 2.05) is 0 Å². The van der Waals surface area contributed by atoms with E-state index in [4.69, 9.17) is 10.5 Å². The molecule has 2 rings (SSSR count). The number of esters is 1. The molecule has 2 aromatic carbocycles. The Morgan fingerprint density at radius 2 is 1.58 bits per heavy atom. The van der Waals surface area contributed by atoms with Gasteiger partial charge in [-0.15, -0.1) is 0 Å². The highest BCUT2D eigenvalue weighted by Gasteiger charge is 2.33. The van der Waals surface area contributed by atoms with Crippen LogP contribution in [0, 0.1) is 0 Å². The molecular formula is C19H19F3N2O2. The van der Waals surface area contributed by atoms with Crippen LogP contribution in [0.1, 0.15) is 42.3 Å². The fraction of sp³-hybridized carbons (Fsp3) is 0.263. The van der Waals surface area contributed by atoms with Crippen molar-refractivity contribution in [3.63, 3.8) is 0 Å². The van der Waals surface area contributed by atoms with E-state index >= 15 is 0 Å². The Bertz CT molecular complexity index is 820. The van der Waals surface area contributed by atoms with E-state index in [2.05, 4.69) is 4.99 Å². The summed E-state index contributed by atoms with van der Waals surface area (Å²) in [7, 11) is 0. The lowest BCUT2D eigenvalue weighted by atomic mass is 10.1. The highest BCUT2D eigenvalue weighted by Crippen LogP contribution is 2.32. The largest absolute Gasteiger partial charge is 0.456 e. The topological polar surface area (TPSA) is 64.7 Å². The third kappa shape index (κ3) is 5.08. The molecule has 26 heavy (non-hydrogen) atoms. The van der Waals surface area contributed by atoms with Crippen LogP contribution in [0.25, 0.3) is 0 Å². The predicted octanol–water partition coefficient (Wildman–Crippen LogP) is 4.70. The highest BCUT2D eigenvalue weighted by molar-refractivity contribution is 6.00. The summed E-state index contributed by atoms with van der Waals surface area (Å²) in [5.41, 5.74) is 4.72. The van der Waals surface area contributed by atoms with Crippen molar-refractivity contribution < 1.29 is 22.7 Å². The van der Waals surface area contributed by atoms with Crippen molar-refractivity contribution >= 4 is 17.5 Å². The number of benzene rings is 2. The van der Waals surface area contributed by atoms with Gasteiger partial charge in [0.05, 0.1) is 16.8 Å². The summed E-state index contributed by atoms with van der Waals surface area (Å²) in [4.78, 5) is 16.0. The summed E-state index contributed by atoms with van der Waals surface area (Å²) in [5, 5.41) is 0. The van der Waals surface area contributed by atoms with E-state index in [-0.39, 0.29) is 11.4 Å². The Morgan fingerprint density at radius 3 is 2.12 bits per heavy atom. The van der Waals surface area contributed by atoms with Gasteiger partial charge in [-0.1, -0.05) is 18.2 Å². The molecule has 2 N–H and O–H groups in total. The second-order valence-corrected chi connectivity index (χ2v) is 6.59. The Balaban J connectivity index is 2.27. The fourth-order valence-corrected chi connectivity index (χ4v) is 2.16. The minimum absolute atomic E-state index is 0.198. The quantitative estimate of drug-likeness (QED) is 0.488. The molecule has 0 aromatic heterocycles. The number of aliphatic imine (C=N–C) groups is 1. The summed E-state index contributed by atoms with van der Waals surface area (Å²) < 4.78 is 44.4. The number of carbonyl (C=O) groups excluding carboxylic acids is 1. The van der Waals surface area contributed by atoms with Crippen molar-refractivity contribution in [2.45, 2.75) is 32.5 Å². The summed E-state index contributed by atoms with van der Waals surface area (Å²) in [5.74, 6) is -0.758. The lowest BCUT2D eigenvalue weighted by molar-refractivity contribution is -0.137. The van der Waals surface area contributed by atoms with Crippen molar-refractivity contribution in [1.82, 2.24) is 0 Å². The van der Waals surface area contributed by atoms with Crippen molar-refractivity contribution in [2.75, 3.05) is 0 Å². The minimum atomic E-state index is -4.53. The molecule has 0 bridgehead atoms. The molecule has 4 nitrogen and oxygen atoms in total. The van der Waals surface area contributed by atoms with E-state index in [0.717, 1.165) is 6.07 Å². The molecule has 0 aliphatic heterocycles. The fourth-order valence-electron chi connectivity index (χ4n) is 2.16. The maximum absolute atomic E-state index is 13.1. The number of rotatable bonds is 3. The molecule has 0 radical (unpaired) electrons. The number of halogens is 3. The smallest absolute Gasteiger partial charge is 0.417 e. The zero-order valence-corrected chi connectivity index (χ0v) is 14.6. The van der Waals surface area contributed by atoms with Crippen LogP contribution in [0.15, 0.2) is 53.5 Å². The molecule has 0 heterocycles. The number of hydrogen-bond acceptors (Lipinski definition) is 3. The molecule has 0 aliphatic rings. The first-order chi connectivity index (χ1) is 12.0. The van der Waals surface area contributed by atoms with Gasteiger partial charge < -0.3 is 10.5 Å². The number of alkyl halides is 3. The number of nitrogens with zero attached hydrogens (tertiary/aromatic N) is 1. The first kappa shape index (κ1) is 19.5. The van der Waals surface area contributed by atoms with E-state index in [9.17, 15) is 18.0 Å². The number of carbonyl (C=O) groups is 1. The highest BCUT2D eigenvalue weighted by atomic mass is 19.4. The van der Waals surface area contributed by atoms with Gasteiger partial charge >= 0.3 is 12.1 Å². The van der Waals surface area contributed by atoms with Crippen LogP contribution in [-0.4, -0.2) is 17.4 Å². The molecule has 0 unspecified atom stereocenters. The zero-order chi connectivity index (χ0) is 19.5. The van der Waals surface area contributed by atoms with E-state index in [1.165, 1.54) is 42.5 Å². The normalized spacial score (nSPS) is 12.8. The Kier molecular flexibility index (Phi) is 5.39. The summed E-state index contributed by atoms with van der Waals surface area (Å²) in [6.07, 6.45) is -4.53. The van der Waals surface area contributed by atoms with E-state index < -0.39 is 23.3 Å². The van der Waals surface area contributed by atoms with E-state index in [1.54, 1.807) is 20.8 Å². The minimum Gasteiger partial charge on any atom is -0.456 e. The standard InChI is InChI=1S/C19H19F3N2O2/c1-18(2,3)26-17(25)12-8-10-13(11-9-12)24-16(23)14-6-4-5-7-15(14)19(20,21)22/h4-11H,1-3H3,(H2,23,24). The van der Waals surface area contributed by atoms with Crippen molar-refractivity contribution in [3.8, 4) is 0 Å². The average Bonchev–Trinajstić information content (AvgIpc) is 2.53. The predicted molar refractivity (Wildman–Crippen MR) is 93.4 cm³/mol. The van der Waals surface area contributed by atoms with E-state index in [0.29, 0.717) is 11.3 Å². The first-order valence-corrected chi connectivity index (χ1v) is 7.81. The second-order valence-electron chi connectivity index (χ2n) is 6.59. The number of ether oxygens (including phenoxy) is 1. The summed E-state index contributed by atoms with van der Waals surface area (Å²) in [6.45, 7) is 5.26. The van der Waals surface area contributed by atoms with Gasteiger partial charge in [-0.3, -0.25) is 0 Å². The van der Waals surface area contributed by atoms with Crippen LogP contribution in [0.5, 0.6) is 0 Å². The van der Waals surface area contributed by atoms with Crippen LogP contribution in [0.3, 0.4) is 0 Å². The van der Waals surface area contributed by atoms with Gasteiger partial charge in [0.15, 0.2) is 0 Å². The van der Waals surface area contributed by atoms with Gasteiger partial charge in [-0.25, -0.2) is 9.79 Å². The van der Waals surface area contributed by atoms with Gasteiger partial charge in [0, 0.05) is 5.56 Å². The van der Waals surface area contributed by atoms with Gasteiger partial charge in [0.1, 0.15) is 11.4 Å². The second kappa shape index (κ2) is 7.19. The van der Waals surface area contributed by atoms with Gasteiger partial charge in [-0.2, -0.15) is 13.2 Å². The Labute approximate surface area is 149 Å². The number of hydrogen-bond donors (Lipinski definition) is 1. The first-order valence-electron chi connectivity index (χ1n) is 7.81. The number of nitrogens with two attached hydrogens (primary N) is 1. The Hall–Kier alpha value is -2.83. The molecule has 0 amide bonds. The van der Waals surface area contributed by atoms with Gasteiger partial charge in [-0.05, 0) is 51.1 Å². The molecule has 2 aromatic rings. The van der Waals surface area contributed by atoms with Gasteiger partial charge in [0.2, 0.25) is 0 Å². The third-order valence-corrected chi connectivity index (χ3v) is 3.26. The lowest BCUT2D eigenvalue weighted by Gasteiger charge is -2.19. The molecule has 0 saturated heterocycles. The molecule has 0 atom stereocenters. The molecule has 7 heteroatoms. The molecular weight excluding hydrogens is 345 g/mol. The number of amidine groups is 1. The summed E-state index contributed by atoms with van der Waals surface area (Å²) in [6, 6.07) is 10.9. The maximum Gasteiger partial charge on any atom is 0.417 e. The molecule has 0 saturated carbocycles. The lowest BCUT2D eigenvalue weighted by Crippen LogP contribution is -2.23.